The van der Waals surface area contributed by atoms with E-state index in [1.54, 1.807) is 30.5 Å². The number of hydrogen-bond donors (Lipinski definition) is 1. The summed E-state index contributed by atoms with van der Waals surface area (Å²) in [6.07, 6.45) is 7.25. The first-order valence-electron chi connectivity index (χ1n) is 8.31. The smallest absolute Gasteiger partial charge is 0.266 e. The van der Waals surface area contributed by atoms with Crippen molar-refractivity contribution in [2.75, 3.05) is 11.9 Å². The van der Waals surface area contributed by atoms with Crippen molar-refractivity contribution in [3.8, 4) is 0 Å². The standard InChI is InChI=1S/C20H17N3O2S2/c24-18(22-17-11-4-5-13-21-17)12-14-23-19(25)16(27-20(23)26)10-6-9-15-7-2-1-3-8-15/h1-11,13H,12,14H2,(H,21,22,24)/b9-6+,16-10-. The van der Waals surface area contributed by atoms with E-state index in [1.807, 2.05) is 42.5 Å². The molecule has 1 N–H and O–H groups in total. The molecule has 136 valence electrons. The molecule has 1 saturated heterocycles. The first-order valence-corrected chi connectivity index (χ1v) is 9.54. The molecule has 0 unspecified atom stereocenters. The lowest BCUT2D eigenvalue weighted by Gasteiger charge is -2.13. The van der Waals surface area contributed by atoms with E-state index in [4.69, 9.17) is 12.2 Å². The number of anilines is 1. The van der Waals surface area contributed by atoms with E-state index >= 15 is 0 Å². The van der Waals surface area contributed by atoms with Crippen molar-refractivity contribution >= 4 is 52.0 Å². The van der Waals surface area contributed by atoms with Crippen LogP contribution in [0.25, 0.3) is 6.08 Å². The fraction of sp³-hybridized carbons (Fsp3) is 0.100. The van der Waals surface area contributed by atoms with Crippen molar-refractivity contribution in [2.24, 2.45) is 0 Å². The van der Waals surface area contributed by atoms with Crippen LogP contribution in [-0.2, 0) is 9.59 Å². The zero-order valence-corrected chi connectivity index (χ0v) is 16.0. The van der Waals surface area contributed by atoms with E-state index < -0.39 is 0 Å². The lowest BCUT2D eigenvalue weighted by atomic mass is 10.2. The minimum absolute atomic E-state index is 0.149. The van der Waals surface area contributed by atoms with E-state index in [1.165, 1.54) is 16.7 Å². The average Bonchev–Trinajstić information content (AvgIpc) is 2.95. The van der Waals surface area contributed by atoms with Crippen LogP contribution < -0.4 is 5.32 Å². The second-order valence-corrected chi connectivity index (χ2v) is 7.31. The van der Waals surface area contributed by atoms with Crippen LogP contribution >= 0.6 is 24.0 Å². The first kappa shape index (κ1) is 19.0. The molecule has 27 heavy (non-hydrogen) atoms. The summed E-state index contributed by atoms with van der Waals surface area (Å²) in [5, 5.41) is 2.70. The molecule has 1 aromatic carbocycles. The molecule has 2 heterocycles. The van der Waals surface area contributed by atoms with E-state index in [9.17, 15) is 9.59 Å². The first-order chi connectivity index (χ1) is 13.1. The van der Waals surface area contributed by atoms with Crippen LogP contribution in [0.4, 0.5) is 5.82 Å². The molecular formula is C20H17N3O2S2. The van der Waals surface area contributed by atoms with Crippen LogP contribution in [-0.4, -0.2) is 32.6 Å². The predicted molar refractivity (Wildman–Crippen MR) is 113 cm³/mol. The van der Waals surface area contributed by atoms with Gasteiger partial charge in [-0.15, -0.1) is 0 Å². The Bertz CT molecular complexity index is 896. The Morgan fingerprint density at radius 3 is 2.70 bits per heavy atom. The van der Waals surface area contributed by atoms with Crippen molar-refractivity contribution in [3.05, 3.63) is 77.3 Å². The van der Waals surface area contributed by atoms with E-state index in [0.717, 1.165) is 5.56 Å². The van der Waals surface area contributed by atoms with Gasteiger partial charge in [-0.2, -0.15) is 0 Å². The second-order valence-electron chi connectivity index (χ2n) is 5.64. The summed E-state index contributed by atoms with van der Waals surface area (Å²) in [6, 6.07) is 15.1. The summed E-state index contributed by atoms with van der Waals surface area (Å²) < 4.78 is 0.463. The molecule has 0 saturated carbocycles. The van der Waals surface area contributed by atoms with Gasteiger partial charge in [0, 0.05) is 19.2 Å². The van der Waals surface area contributed by atoms with Crippen LogP contribution in [0, 0.1) is 0 Å². The number of amides is 2. The number of thioether (sulfide) groups is 1. The Labute approximate surface area is 167 Å². The molecule has 1 fully saturated rings. The maximum Gasteiger partial charge on any atom is 0.266 e. The number of allylic oxidation sites excluding steroid dienone is 2. The second kappa shape index (κ2) is 9.25. The maximum absolute atomic E-state index is 12.5. The summed E-state index contributed by atoms with van der Waals surface area (Å²) in [4.78, 5) is 30.6. The van der Waals surface area contributed by atoms with Crippen LogP contribution in [0.3, 0.4) is 0 Å². The highest BCUT2D eigenvalue weighted by atomic mass is 32.2. The average molecular weight is 396 g/mol. The van der Waals surface area contributed by atoms with Gasteiger partial charge in [-0.05, 0) is 23.8 Å². The number of benzene rings is 1. The fourth-order valence-electron chi connectivity index (χ4n) is 2.37. The Balaban J connectivity index is 1.55. The van der Waals surface area contributed by atoms with Gasteiger partial charge < -0.3 is 5.32 Å². The van der Waals surface area contributed by atoms with Crippen molar-refractivity contribution in [2.45, 2.75) is 6.42 Å². The highest BCUT2D eigenvalue weighted by Crippen LogP contribution is 2.31. The molecular weight excluding hydrogens is 378 g/mol. The number of aromatic nitrogens is 1. The lowest BCUT2D eigenvalue weighted by molar-refractivity contribution is -0.122. The lowest BCUT2D eigenvalue weighted by Crippen LogP contribution is -2.31. The minimum atomic E-state index is -0.212. The maximum atomic E-state index is 12.5. The van der Waals surface area contributed by atoms with Crippen molar-refractivity contribution < 1.29 is 9.59 Å². The Morgan fingerprint density at radius 2 is 1.96 bits per heavy atom. The van der Waals surface area contributed by atoms with Crippen LogP contribution in [0.1, 0.15) is 12.0 Å². The highest BCUT2D eigenvalue weighted by Gasteiger charge is 2.31. The van der Waals surface area contributed by atoms with Gasteiger partial charge in [-0.25, -0.2) is 4.98 Å². The molecule has 7 heteroatoms. The van der Waals surface area contributed by atoms with Crippen LogP contribution in [0.5, 0.6) is 0 Å². The minimum Gasteiger partial charge on any atom is -0.311 e. The monoisotopic (exact) mass is 395 g/mol. The summed E-state index contributed by atoms with van der Waals surface area (Å²) >= 11 is 6.53. The number of nitrogens with one attached hydrogen (secondary N) is 1. The number of pyridine rings is 1. The van der Waals surface area contributed by atoms with E-state index in [0.29, 0.717) is 15.0 Å². The SMILES string of the molecule is O=C(CCN1C(=O)/C(=C/C=C/c2ccccc2)SC1=S)Nc1ccccn1. The molecule has 1 aliphatic rings. The van der Waals surface area contributed by atoms with E-state index in [-0.39, 0.29) is 24.8 Å². The number of thiocarbonyl (C=S) groups is 1. The van der Waals surface area contributed by atoms with Gasteiger partial charge in [0.15, 0.2) is 0 Å². The molecule has 2 aromatic rings. The molecule has 0 aliphatic carbocycles. The number of carbonyl (C=O) groups is 2. The number of hydrogen-bond acceptors (Lipinski definition) is 5. The van der Waals surface area contributed by atoms with Gasteiger partial charge in [-0.3, -0.25) is 14.5 Å². The number of nitrogens with zero attached hydrogens (tertiary/aromatic N) is 2. The van der Waals surface area contributed by atoms with Gasteiger partial charge in [-0.1, -0.05) is 72.5 Å². The van der Waals surface area contributed by atoms with Crippen LogP contribution in [0.15, 0.2) is 71.8 Å². The third-order valence-electron chi connectivity index (χ3n) is 3.70. The zero-order chi connectivity index (χ0) is 19.1. The van der Waals surface area contributed by atoms with Crippen molar-refractivity contribution in [1.29, 1.82) is 0 Å². The van der Waals surface area contributed by atoms with Crippen LogP contribution in [0.2, 0.25) is 0 Å². The summed E-state index contributed by atoms with van der Waals surface area (Å²) in [7, 11) is 0. The number of carbonyl (C=O) groups excluding carboxylic acids is 2. The molecule has 1 aliphatic heterocycles. The molecule has 3 rings (SSSR count). The quantitative estimate of drug-likeness (QED) is 0.594. The highest BCUT2D eigenvalue weighted by molar-refractivity contribution is 8.26. The number of rotatable bonds is 6. The third-order valence-corrected chi connectivity index (χ3v) is 5.10. The van der Waals surface area contributed by atoms with Crippen molar-refractivity contribution in [3.63, 3.8) is 0 Å². The Morgan fingerprint density at radius 1 is 1.19 bits per heavy atom. The van der Waals surface area contributed by atoms with Gasteiger partial charge in [0.05, 0.1) is 4.91 Å². The molecule has 0 spiro atoms. The Kier molecular flexibility index (Phi) is 6.51. The van der Waals surface area contributed by atoms with Gasteiger partial charge in [0.1, 0.15) is 10.1 Å². The topological polar surface area (TPSA) is 62.3 Å². The summed E-state index contributed by atoms with van der Waals surface area (Å²) in [6.45, 7) is 0.239. The molecule has 0 bridgehead atoms. The molecule has 5 nitrogen and oxygen atoms in total. The molecule has 1 aromatic heterocycles. The van der Waals surface area contributed by atoms with Gasteiger partial charge in [0.25, 0.3) is 5.91 Å². The summed E-state index contributed by atoms with van der Waals surface area (Å²) in [5.41, 5.74) is 1.05. The third kappa shape index (κ3) is 5.35. The Hall–Kier alpha value is -2.77. The largest absolute Gasteiger partial charge is 0.311 e. The fourth-order valence-corrected chi connectivity index (χ4v) is 3.63. The summed E-state index contributed by atoms with van der Waals surface area (Å²) in [5.74, 6) is 0.0999. The zero-order valence-electron chi connectivity index (χ0n) is 14.4. The molecule has 0 radical (unpaired) electrons. The van der Waals surface area contributed by atoms with Gasteiger partial charge >= 0.3 is 0 Å². The predicted octanol–water partition coefficient (Wildman–Crippen LogP) is 3.87. The normalized spacial score (nSPS) is 15.7. The molecule has 2 amide bonds. The van der Waals surface area contributed by atoms with E-state index in [2.05, 4.69) is 10.3 Å². The van der Waals surface area contributed by atoms with Gasteiger partial charge in [0.2, 0.25) is 5.91 Å². The molecule has 0 atom stereocenters. The van der Waals surface area contributed by atoms with Crippen molar-refractivity contribution in [1.82, 2.24) is 9.88 Å².